The number of aromatic nitrogens is 2. The van der Waals surface area contributed by atoms with Gasteiger partial charge in [-0.2, -0.15) is 26.3 Å². The zero-order valence-electron chi connectivity index (χ0n) is 19.2. The zero-order valence-corrected chi connectivity index (χ0v) is 20.0. The van der Waals surface area contributed by atoms with Gasteiger partial charge in [0, 0.05) is 30.7 Å². The molecule has 0 amide bonds. The summed E-state index contributed by atoms with van der Waals surface area (Å²) in [6, 6.07) is 4.28. The van der Waals surface area contributed by atoms with Gasteiger partial charge in [-0.05, 0) is 31.9 Å². The summed E-state index contributed by atoms with van der Waals surface area (Å²) in [5.74, 6) is -4.69. The summed E-state index contributed by atoms with van der Waals surface area (Å²) in [7, 11) is 0. The number of carboxylic acids is 2. The van der Waals surface area contributed by atoms with E-state index in [4.69, 9.17) is 29.3 Å². The summed E-state index contributed by atoms with van der Waals surface area (Å²) in [6.45, 7) is 4.70. The molecular formula is C21H23F6N3O6S. The largest absolute Gasteiger partial charge is 0.490 e. The third-order valence-corrected chi connectivity index (χ3v) is 5.91. The van der Waals surface area contributed by atoms with E-state index in [0.717, 1.165) is 43.3 Å². The van der Waals surface area contributed by atoms with Crippen molar-refractivity contribution in [1.29, 1.82) is 0 Å². The highest BCUT2D eigenvalue weighted by Gasteiger charge is 2.44. The van der Waals surface area contributed by atoms with Crippen LogP contribution in [0.5, 0.6) is 5.75 Å². The van der Waals surface area contributed by atoms with Crippen LogP contribution in [0.15, 0.2) is 29.9 Å². The lowest BCUT2D eigenvalue weighted by molar-refractivity contribution is -0.193. The van der Waals surface area contributed by atoms with Crippen LogP contribution in [0.2, 0.25) is 0 Å². The number of halogens is 6. The van der Waals surface area contributed by atoms with E-state index in [0.29, 0.717) is 6.04 Å². The van der Waals surface area contributed by atoms with Gasteiger partial charge in [0.2, 0.25) is 0 Å². The van der Waals surface area contributed by atoms with Crippen LogP contribution in [0.1, 0.15) is 23.5 Å². The number of aryl methyl sites for hydroxylation is 1. The molecule has 1 aliphatic carbocycles. The zero-order chi connectivity index (χ0) is 27.8. The Morgan fingerprint density at radius 1 is 1.16 bits per heavy atom. The molecule has 206 valence electrons. The SMILES string of the molecule is Cc1nc(CN2CCO[C@H]3[C@@H](Oc4cccnc4)CC[C@@H]32)cs1.O=C(O)C(F)(F)F.O=C(O)C(F)(F)F. The molecule has 0 bridgehead atoms. The van der Waals surface area contributed by atoms with Gasteiger partial charge >= 0.3 is 24.3 Å². The Balaban J connectivity index is 0.000000286. The molecule has 0 unspecified atom stereocenters. The summed E-state index contributed by atoms with van der Waals surface area (Å²) in [6.07, 6.45) is -4.24. The number of hydrogen-bond acceptors (Lipinski definition) is 8. The number of rotatable bonds is 4. The third kappa shape index (κ3) is 9.77. The second-order valence-electron chi connectivity index (χ2n) is 7.76. The van der Waals surface area contributed by atoms with Crippen molar-refractivity contribution >= 4 is 23.3 Å². The second-order valence-corrected chi connectivity index (χ2v) is 8.82. The van der Waals surface area contributed by atoms with E-state index in [2.05, 4.69) is 27.2 Å². The molecule has 0 aromatic carbocycles. The fourth-order valence-corrected chi connectivity index (χ4v) is 4.20. The van der Waals surface area contributed by atoms with E-state index in [1.54, 1.807) is 23.7 Å². The Labute approximate surface area is 210 Å². The van der Waals surface area contributed by atoms with Crippen LogP contribution in [0.3, 0.4) is 0 Å². The summed E-state index contributed by atoms with van der Waals surface area (Å²) in [5.41, 5.74) is 1.17. The standard InChI is InChI=1S/C17H21N3O2S.2C2HF3O2/c1-12-19-13(11-23-12)10-20-7-8-21-17-15(20)4-5-16(17)22-14-3-2-6-18-9-14;2*3-2(4,5)1(6)7/h2-3,6,9,11,15-17H,4-5,7-8,10H2,1H3;2*(H,6,7)/t15-,16-,17+;;/m0../s1. The minimum Gasteiger partial charge on any atom is -0.486 e. The quantitative estimate of drug-likeness (QED) is 0.537. The van der Waals surface area contributed by atoms with Gasteiger partial charge in [-0.15, -0.1) is 11.3 Å². The van der Waals surface area contributed by atoms with Crippen molar-refractivity contribution in [3.05, 3.63) is 40.6 Å². The maximum Gasteiger partial charge on any atom is 0.490 e. The highest BCUT2D eigenvalue weighted by molar-refractivity contribution is 7.09. The molecule has 2 aromatic rings. The van der Waals surface area contributed by atoms with Crippen molar-refractivity contribution in [3.63, 3.8) is 0 Å². The molecule has 2 fully saturated rings. The minimum absolute atomic E-state index is 0.115. The molecular weight excluding hydrogens is 536 g/mol. The van der Waals surface area contributed by atoms with Crippen LogP contribution < -0.4 is 4.74 Å². The number of thiazole rings is 1. The van der Waals surface area contributed by atoms with Gasteiger partial charge in [-0.1, -0.05) is 0 Å². The Bertz CT molecular complexity index is 996. The smallest absolute Gasteiger partial charge is 0.486 e. The number of hydrogen-bond donors (Lipinski definition) is 2. The number of aliphatic carboxylic acids is 2. The first kappa shape index (κ1) is 30.2. The molecule has 37 heavy (non-hydrogen) atoms. The molecule has 1 saturated heterocycles. The Morgan fingerprint density at radius 2 is 1.78 bits per heavy atom. The second kappa shape index (κ2) is 13.0. The lowest BCUT2D eigenvalue weighted by Gasteiger charge is -2.38. The van der Waals surface area contributed by atoms with E-state index in [1.807, 2.05) is 12.1 Å². The van der Waals surface area contributed by atoms with Crippen LogP contribution in [-0.2, 0) is 20.9 Å². The lowest BCUT2D eigenvalue weighted by atomic mass is 10.1. The van der Waals surface area contributed by atoms with Crippen molar-refractivity contribution in [2.45, 2.75) is 56.9 Å². The Morgan fingerprint density at radius 3 is 2.27 bits per heavy atom. The molecule has 9 nitrogen and oxygen atoms in total. The normalized spacial score (nSPS) is 21.5. The number of pyridine rings is 1. The average molecular weight is 559 g/mol. The van der Waals surface area contributed by atoms with Gasteiger partial charge in [0.1, 0.15) is 18.0 Å². The van der Waals surface area contributed by atoms with Crippen molar-refractivity contribution in [2.24, 2.45) is 0 Å². The number of alkyl halides is 6. The van der Waals surface area contributed by atoms with E-state index in [-0.39, 0.29) is 12.2 Å². The maximum atomic E-state index is 10.6. The first-order valence-electron chi connectivity index (χ1n) is 10.6. The van der Waals surface area contributed by atoms with Crippen LogP contribution in [-0.4, -0.2) is 80.8 Å². The fourth-order valence-electron chi connectivity index (χ4n) is 3.59. The Kier molecular flexibility index (Phi) is 10.6. The van der Waals surface area contributed by atoms with Gasteiger partial charge in [-0.3, -0.25) is 9.88 Å². The van der Waals surface area contributed by atoms with E-state index in [1.165, 1.54) is 5.69 Å². The third-order valence-electron chi connectivity index (χ3n) is 5.09. The van der Waals surface area contributed by atoms with Crippen LogP contribution in [0, 0.1) is 6.92 Å². The van der Waals surface area contributed by atoms with Crippen LogP contribution >= 0.6 is 11.3 Å². The predicted octanol–water partition coefficient (Wildman–Crippen LogP) is 3.92. The summed E-state index contributed by atoms with van der Waals surface area (Å²) in [5, 5.41) is 17.5. The summed E-state index contributed by atoms with van der Waals surface area (Å²) >= 11 is 1.72. The molecule has 3 heterocycles. The summed E-state index contributed by atoms with van der Waals surface area (Å²) in [4.78, 5) is 29.0. The molecule has 2 N–H and O–H groups in total. The number of carbonyl (C=O) groups is 2. The van der Waals surface area contributed by atoms with Crippen molar-refractivity contribution in [1.82, 2.24) is 14.9 Å². The molecule has 1 aliphatic heterocycles. The van der Waals surface area contributed by atoms with Gasteiger partial charge in [-0.25, -0.2) is 14.6 Å². The number of nitrogens with zero attached hydrogens (tertiary/aromatic N) is 3. The predicted molar refractivity (Wildman–Crippen MR) is 116 cm³/mol. The highest BCUT2D eigenvalue weighted by Crippen LogP contribution is 2.33. The van der Waals surface area contributed by atoms with Gasteiger partial charge in [0.15, 0.2) is 0 Å². The topological polar surface area (TPSA) is 122 Å². The molecule has 2 aromatic heterocycles. The van der Waals surface area contributed by atoms with Crippen molar-refractivity contribution < 1.29 is 55.6 Å². The molecule has 0 spiro atoms. The first-order valence-corrected chi connectivity index (χ1v) is 11.5. The molecule has 3 atom stereocenters. The van der Waals surface area contributed by atoms with Crippen LogP contribution in [0.25, 0.3) is 0 Å². The van der Waals surface area contributed by atoms with E-state index < -0.39 is 24.3 Å². The molecule has 1 saturated carbocycles. The highest BCUT2D eigenvalue weighted by atomic mass is 32.1. The van der Waals surface area contributed by atoms with Gasteiger partial charge in [0.05, 0.1) is 23.5 Å². The molecule has 0 radical (unpaired) electrons. The summed E-state index contributed by atoms with van der Waals surface area (Å²) < 4.78 is 75.6. The van der Waals surface area contributed by atoms with Gasteiger partial charge in [0.25, 0.3) is 0 Å². The lowest BCUT2D eigenvalue weighted by Crippen LogP contribution is -2.51. The van der Waals surface area contributed by atoms with Gasteiger partial charge < -0.3 is 19.7 Å². The van der Waals surface area contributed by atoms with Crippen molar-refractivity contribution in [3.8, 4) is 5.75 Å². The number of carboxylic acid groups (broad SMARTS) is 2. The van der Waals surface area contributed by atoms with E-state index >= 15 is 0 Å². The van der Waals surface area contributed by atoms with E-state index in [9.17, 15) is 26.3 Å². The number of fused-ring (bicyclic) bond motifs is 1. The monoisotopic (exact) mass is 559 g/mol. The molecule has 4 rings (SSSR count). The fraction of sp³-hybridized carbons (Fsp3) is 0.524. The number of ether oxygens (including phenoxy) is 2. The maximum absolute atomic E-state index is 10.6. The number of morpholine rings is 1. The Hall–Kier alpha value is -2.98. The van der Waals surface area contributed by atoms with Crippen LogP contribution in [0.4, 0.5) is 26.3 Å². The minimum atomic E-state index is -5.08. The molecule has 16 heteroatoms. The van der Waals surface area contributed by atoms with Crippen molar-refractivity contribution in [2.75, 3.05) is 13.2 Å². The molecule has 2 aliphatic rings. The average Bonchev–Trinajstić information content (AvgIpc) is 3.40. The first-order chi connectivity index (χ1) is 17.2.